The molecule has 4 heterocycles. The van der Waals surface area contributed by atoms with Crippen LogP contribution in [-0.2, 0) is 38.0 Å². The fourth-order valence-electron chi connectivity index (χ4n) is 8.55. The van der Waals surface area contributed by atoms with Crippen molar-refractivity contribution in [3.63, 3.8) is 0 Å². The van der Waals surface area contributed by atoms with Crippen LogP contribution >= 0.6 is 0 Å². The number of phenols is 4. The summed E-state index contributed by atoms with van der Waals surface area (Å²) in [5.74, 6) is -3.83. The first-order valence-electron chi connectivity index (χ1n) is 24.1. The molecule has 4 aromatic carbocycles. The Balaban J connectivity index is 1.15. The number of aliphatic hydroxyl groups is 8. The van der Waals surface area contributed by atoms with Gasteiger partial charge >= 0.3 is 23.3 Å². The van der Waals surface area contributed by atoms with Crippen LogP contribution in [0.15, 0.2) is 89.4 Å². The summed E-state index contributed by atoms with van der Waals surface area (Å²) in [6.07, 6.45) is -21.1. The summed E-state index contributed by atoms with van der Waals surface area (Å²) in [5, 5.41) is 129. The summed E-state index contributed by atoms with van der Waals surface area (Å²) < 4.78 is 68.9. The number of carbonyl (C=O) groups excluding carboxylic acids is 2. The van der Waals surface area contributed by atoms with E-state index in [2.05, 4.69) is 0 Å². The molecule has 14 atom stereocenters. The van der Waals surface area contributed by atoms with Crippen LogP contribution in [0.4, 0.5) is 0 Å². The van der Waals surface area contributed by atoms with Gasteiger partial charge in [0, 0.05) is 24.3 Å². The Labute approximate surface area is 447 Å². The molecule has 0 saturated carbocycles. The number of carbonyl (C=O) groups is 2. The number of fused-ring (bicyclic) bond motifs is 1. The average Bonchev–Trinajstić information content (AvgIpc) is 3.45. The smallest absolute Gasteiger partial charge is 0.402 e. The Kier molecular flexibility index (Phi) is 18.3. The number of esters is 2. The van der Waals surface area contributed by atoms with Crippen LogP contribution in [0.5, 0.6) is 51.7 Å². The molecule has 3 fully saturated rings. The van der Waals surface area contributed by atoms with Crippen LogP contribution in [0.1, 0.15) is 11.1 Å². The van der Waals surface area contributed by atoms with Crippen LogP contribution in [0.25, 0.3) is 34.4 Å². The number of aromatic hydroxyl groups is 4. The van der Waals surface area contributed by atoms with Crippen LogP contribution in [0, 0.1) is 0 Å². The third-order valence-corrected chi connectivity index (χ3v) is 12.8. The van der Waals surface area contributed by atoms with Gasteiger partial charge in [-0.05, 0) is 71.8 Å². The second-order valence-corrected chi connectivity index (χ2v) is 18.1. The summed E-state index contributed by atoms with van der Waals surface area (Å²) in [5.41, 5.74) is 0.785. The number of phenolic OH excluding ortho intramolecular Hbond substituents is 4. The molecule has 0 amide bonds. The number of ether oxygens (including phenoxy) is 11. The quantitative estimate of drug-likeness (QED) is 0.0324. The normalized spacial score (nSPS) is 28.1. The van der Waals surface area contributed by atoms with Crippen molar-refractivity contribution in [2.24, 2.45) is 0 Å². The van der Waals surface area contributed by atoms with Crippen molar-refractivity contribution in [2.45, 2.75) is 86.0 Å². The van der Waals surface area contributed by atoms with E-state index in [4.69, 9.17) is 56.5 Å². The first kappa shape index (κ1) is 57.6. The molecular weight excluding hydrogens is 1050 g/mol. The molecular formula is C53H57O26+. The van der Waals surface area contributed by atoms with Crippen LogP contribution in [0.2, 0.25) is 0 Å². The lowest BCUT2D eigenvalue weighted by atomic mass is 9.98. The molecule has 3 saturated heterocycles. The Bertz CT molecular complexity index is 2980. The molecule has 0 bridgehead atoms. The van der Waals surface area contributed by atoms with Gasteiger partial charge in [-0.2, -0.15) is 0 Å². The third-order valence-electron chi connectivity index (χ3n) is 12.8. The highest BCUT2D eigenvalue weighted by atomic mass is 16.8. The summed E-state index contributed by atoms with van der Waals surface area (Å²) in [6.45, 7) is -2.18. The highest BCUT2D eigenvalue weighted by molar-refractivity contribution is 5.89. The Morgan fingerprint density at radius 1 is 0.608 bits per heavy atom. The summed E-state index contributed by atoms with van der Waals surface area (Å²) in [4.78, 5) is 26.5. The van der Waals surface area contributed by atoms with Crippen molar-refractivity contribution in [2.75, 3.05) is 41.2 Å². The lowest BCUT2D eigenvalue weighted by Crippen LogP contribution is -2.64. The van der Waals surface area contributed by atoms with Gasteiger partial charge in [0.1, 0.15) is 84.2 Å². The van der Waals surface area contributed by atoms with Gasteiger partial charge in [-0.15, -0.1) is 0 Å². The van der Waals surface area contributed by atoms with Crippen molar-refractivity contribution < 1.29 is 127 Å². The predicted octanol–water partition coefficient (Wildman–Crippen LogP) is 0.578. The SMILES string of the molecule is COc1cc(/C=C/C(=O)OCC2O[C@@H](Oc3cc4c(O[C@@H]5OC(CO)[C@@H](O)[C@H](O)C5O)cc(O)cc4[o+]c3-c3ccc(O)cc3)[C@H](O[C@@H]3OC[C@@H](O)[C@H](O)C3OC(=O)/C=C/c3cc(OC)c(O)c(OC)c3)C(O)[C@@H]2O)ccc1O. The lowest BCUT2D eigenvalue weighted by Gasteiger charge is -2.45. The zero-order chi connectivity index (χ0) is 56.8. The van der Waals surface area contributed by atoms with E-state index in [0.29, 0.717) is 11.1 Å². The predicted molar refractivity (Wildman–Crippen MR) is 266 cm³/mol. The molecule has 79 heavy (non-hydrogen) atoms. The summed E-state index contributed by atoms with van der Waals surface area (Å²) in [6, 6.07) is 15.9. The summed E-state index contributed by atoms with van der Waals surface area (Å²) in [7, 11) is 3.92. The minimum absolute atomic E-state index is 0.00482. The van der Waals surface area contributed by atoms with Gasteiger partial charge in [0.15, 0.2) is 41.5 Å². The molecule has 26 nitrogen and oxygen atoms in total. The molecule has 5 unspecified atom stereocenters. The van der Waals surface area contributed by atoms with E-state index in [0.717, 1.165) is 18.2 Å². The van der Waals surface area contributed by atoms with Crippen molar-refractivity contribution in [1.82, 2.24) is 0 Å². The van der Waals surface area contributed by atoms with Gasteiger partial charge < -0.3 is 113 Å². The number of aliphatic hydroxyl groups excluding tert-OH is 8. The lowest BCUT2D eigenvalue weighted by molar-refractivity contribution is -0.345. The standard InChI is InChI=1S/C53H56O26/c1-68-33-14-23(4-11-29(33)57)5-12-39(59)71-22-38-44(64)46(66)50(79-52-49(41(61)30(58)21-72-52)78-40(60)13-6-24-15-34(69-2)42(62)35(16-24)70-3)53(77-38)75-36-19-28-31(73-48(36)25-7-9-26(55)10-8-25)17-27(56)18-32(28)74-51-47(67)45(65)43(63)37(20-54)76-51/h4-19,30,37-38,41,43-47,49-54,58,61,63-67H,20-22H2,1-3H3,(H3-,55,56,57,59,60,62)/p+1/t30-,37?,38?,41+,43-,44-,45+,46?,47?,49?,50-,51-,52+,53-/m1/s1. The first-order valence-corrected chi connectivity index (χ1v) is 24.1. The van der Waals surface area contributed by atoms with E-state index >= 15 is 0 Å². The van der Waals surface area contributed by atoms with E-state index < -0.39 is 124 Å². The minimum Gasteiger partial charge on any atom is -0.508 e. The van der Waals surface area contributed by atoms with Gasteiger partial charge in [0.05, 0.1) is 46.2 Å². The van der Waals surface area contributed by atoms with E-state index in [1.807, 2.05) is 0 Å². The Morgan fingerprint density at radius 3 is 1.92 bits per heavy atom. The Hall–Kier alpha value is -7.57. The minimum atomic E-state index is -2.10. The number of hydrogen-bond donors (Lipinski definition) is 12. The number of hydrogen-bond acceptors (Lipinski definition) is 25. The van der Waals surface area contributed by atoms with Gasteiger partial charge in [-0.3, -0.25) is 0 Å². The maximum atomic E-state index is 13.4. The molecule has 3 aliphatic heterocycles. The molecule has 3 aliphatic rings. The highest BCUT2D eigenvalue weighted by Crippen LogP contribution is 2.43. The zero-order valence-electron chi connectivity index (χ0n) is 42.0. The number of rotatable bonds is 18. The molecule has 8 rings (SSSR count). The summed E-state index contributed by atoms with van der Waals surface area (Å²) >= 11 is 0. The molecule has 0 radical (unpaired) electrons. The topological polar surface area (TPSA) is 390 Å². The van der Waals surface area contributed by atoms with Gasteiger partial charge in [0.25, 0.3) is 0 Å². The van der Waals surface area contributed by atoms with Gasteiger partial charge in [-0.25, -0.2) is 14.0 Å². The van der Waals surface area contributed by atoms with Crippen molar-refractivity contribution in [3.05, 3.63) is 96.1 Å². The van der Waals surface area contributed by atoms with E-state index in [9.17, 15) is 70.9 Å². The fourth-order valence-corrected chi connectivity index (χ4v) is 8.55. The number of methoxy groups -OCH3 is 3. The molecule has 424 valence electrons. The van der Waals surface area contributed by atoms with Crippen LogP contribution < -0.4 is 23.7 Å². The van der Waals surface area contributed by atoms with E-state index in [-0.39, 0.29) is 68.3 Å². The molecule has 1 aromatic heterocycles. The maximum absolute atomic E-state index is 13.4. The van der Waals surface area contributed by atoms with Crippen LogP contribution in [-0.4, -0.2) is 200 Å². The highest BCUT2D eigenvalue weighted by Gasteiger charge is 2.52. The van der Waals surface area contributed by atoms with Crippen molar-refractivity contribution in [1.29, 1.82) is 0 Å². The number of benzene rings is 4. The van der Waals surface area contributed by atoms with Gasteiger partial charge in [0.2, 0.25) is 24.1 Å². The van der Waals surface area contributed by atoms with Crippen LogP contribution in [0.3, 0.4) is 0 Å². The molecule has 0 aliphatic carbocycles. The van der Waals surface area contributed by atoms with Crippen molar-refractivity contribution >= 4 is 35.1 Å². The monoisotopic (exact) mass is 1110 g/mol. The first-order chi connectivity index (χ1) is 37.8. The molecule has 5 aromatic rings. The molecule has 12 N–H and O–H groups in total. The fraction of sp³-hybridized carbons (Fsp3) is 0.377. The van der Waals surface area contributed by atoms with E-state index in [1.165, 1.54) is 100 Å². The van der Waals surface area contributed by atoms with Gasteiger partial charge in [-0.1, -0.05) is 6.07 Å². The maximum Gasteiger partial charge on any atom is 0.402 e. The average molecular weight is 1110 g/mol. The van der Waals surface area contributed by atoms with E-state index in [1.54, 1.807) is 0 Å². The molecule has 0 spiro atoms. The Morgan fingerprint density at radius 2 is 1.24 bits per heavy atom. The third kappa shape index (κ3) is 13.0. The zero-order valence-corrected chi connectivity index (χ0v) is 42.0. The largest absolute Gasteiger partial charge is 0.508 e. The second-order valence-electron chi connectivity index (χ2n) is 18.1. The van der Waals surface area contributed by atoms with Crippen molar-refractivity contribution in [3.8, 4) is 63.1 Å². The second kappa shape index (κ2) is 25.0. The molecule has 26 heteroatoms.